The van der Waals surface area contributed by atoms with Crippen LogP contribution in [0.5, 0.6) is 11.5 Å². The fourth-order valence-electron chi connectivity index (χ4n) is 4.52. The van der Waals surface area contributed by atoms with Crippen molar-refractivity contribution in [1.29, 1.82) is 0 Å². The Morgan fingerprint density at radius 3 is 2.24 bits per heavy atom. The number of aryl methyl sites for hydroxylation is 1. The number of hydrogen-bond acceptors (Lipinski definition) is 6. The van der Waals surface area contributed by atoms with E-state index in [1.165, 1.54) is 27.8 Å². The van der Waals surface area contributed by atoms with Gasteiger partial charge in [-0.05, 0) is 60.0 Å². The maximum atomic E-state index is 13.3. The zero-order valence-electron chi connectivity index (χ0n) is 23.7. The molecule has 1 aromatic heterocycles. The predicted molar refractivity (Wildman–Crippen MR) is 158 cm³/mol. The first-order valence-corrected chi connectivity index (χ1v) is 15.6. The second kappa shape index (κ2) is 13.1. The number of methoxy groups -OCH3 is 2. The molecular formula is C30H32F3N3O4S2. The molecule has 0 radical (unpaired) electrons. The molecule has 0 unspecified atom stereocenters. The van der Waals surface area contributed by atoms with E-state index in [4.69, 9.17) is 9.47 Å². The van der Waals surface area contributed by atoms with Crippen LogP contribution in [0.2, 0.25) is 0 Å². The number of aromatic nitrogens is 1. The molecule has 4 rings (SSSR count). The van der Waals surface area contributed by atoms with Gasteiger partial charge in [-0.3, -0.25) is 0 Å². The molecule has 3 aromatic carbocycles. The summed E-state index contributed by atoms with van der Waals surface area (Å²) >= 11 is 1.29. The largest absolute Gasteiger partial charge is 0.493 e. The molecule has 0 fully saturated rings. The lowest BCUT2D eigenvalue weighted by Crippen LogP contribution is -2.30. The minimum Gasteiger partial charge on any atom is -0.493 e. The number of hydrogen-bond donors (Lipinski definition) is 0. The zero-order chi connectivity index (χ0) is 30.5. The number of rotatable bonds is 11. The lowest BCUT2D eigenvalue weighted by molar-refractivity contribution is -0.137. The van der Waals surface area contributed by atoms with Gasteiger partial charge in [0, 0.05) is 25.0 Å². The van der Waals surface area contributed by atoms with Crippen LogP contribution in [0.1, 0.15) is 25.0 Å². The lowest BCUT2D eigenvalue weighted by atomic mass is 10.1. The Balaban J connectivity index is 1.76. The standard InChI is InChI=1S/C30H32F3N3O4S2/c1-5-35(6-2)42(37,38)25-13-11-22(12-14-25)26-20-41-29(34-24-9-7-8-23(19-24)30(31,32)33)36(26)17-16-21-10-15-27(39-3)28(18-21)40-4/h7-15,18-20H,5-6,16-17H2,1-4H3. The van der Waals surface area contributed by atoms with Crippen LogP contribution in [0.15, 0.2) is 82.0 Å². The van der Waals surface area contributed by atoms with Gasteiger partial charge in [-0.1, -0.05) is 38.1 Å². The van der Waals surface area contributed by atoms with Gasteiger partial charge < -0.3 is 14.0 Å². The number of alkyl halides is 3. The van der Waals surface area contributed by atoms with Crippen molar-refractivity contribution in [2.24, 2.45) is 4.99 Å². The van der Waals surface area contributed by atoms with E-state index in [2.05, 4.69) is 4.99 Å². The highest BCUT2D eigenvalue weighted by molar-refractivity contribution is 7.89. The topological polar surface area (TPSA) is 73.1 Å². The van der Waals surface area contributed by atoms with Crippen molar-refractivity contribution in [3.05, 3.63) is 88.0 Å². The van der Waals surface area contributed by atoms with Gasteiger partial charge in [-0.2, -0.15) is 17.5 Å². The van der Waals surface area contributed by atoms with Crippen LogP contribution in [0.3, 0.4) is 0 Å². The van der Waals surface area contributed by atoms with E-state index in [-0.39, 0.29) is 10.6 Å². The van der Waals surface area contributed by atoms with Crippen molar-refractivity contribution >= 4 is 27.0 Å². The van der Waals surface area contributed by atoms with E-state index in [9.17, 15) is 21.6 Å². The average molecular weight is 620 g/mol. The monoisotopic (exact) mass is 619 g/mol. The molecule has 0 saturated heterocycles. The third kappa shape index (κ3) is 6.88. The van der Waals surface area contributed by atoms with Crippen molar-refractivity contribution in [2.75, 3.05) is 27.3 Å². The summed E-state index contributed by atoms with van der Waals surface area (Å²) in [6, 6.07) is 17.1. The van der Waals surface area contributed by atoms with Gasteiger partial charge in [-0.25, -0.2) is 13.4 Å². The van der Waals surface area contributed by atoms with Crippen LogP contribution >= 0.6 is 11.3 Å². The van der Waals surface area contributed by atoms with Crippen LogP contribution in [0.4, 0.5) is 18.9 Å². The molecule has 0 spiro atoms. The quantitative estimate of drug-likeness (QED) is 0.186. The van der Waals surface area contributed by atoms with E-state index in [1.807, 2.05) is 28.1 Å². The summed E-state index contributed by atoms with van der Waals surface area (Å²) in [6.45, 7) is 4.75. The van der Waals surface area contributed by atoms with Gasteiger partial charge in [0.15, 0.2) is 16.3 Å². The van der Waals surface area contributed by atoms with E-state index >= 15 is 0 Å². The van der Waals surface area contributed by atoms with Gasteiger partial charge >= 0.3 is 6.18 Å². The summed E-state index contributed by atoms with van der Waals surface area (Å²) in [5.74, 6) is 1.19. The molecule has 1 heterocycles. The molecule has 0 aliphatic heterocycles. The molecule has 0 amide bonds. The molecular weight excluding hydrogens is 587 g/mol. The molecule has 0 N–H and O–H groups in total. The summed E-state index contributed by atoms with van der Waals surface area (Å²) < 4.78 is 80.1. The molecule has 4 aromatic rings. The second-order valence-electron chi connectivity index (χ2n) is 9.27. The molecule has 0 bridgehead atoms. The van der Waals surface area contributed by atoms with Crippen molar-refractivity contribution in [3.8, 4) is 22.8 Å². The number of benzene rings is 3. The Morgan fingerprint density at radius 1 is 0.929 bits per heavy atom. The molecule has 0 aliphatic carbocycles. The van der Waals surface area contributed by atoms with E-state index in [0.717, 1.165) is 29.0 Å². The molecule has 42 heavy (non-hydrogen) atoms. The highest BCUT2D eigenvalue weighted by Crippen LogP contribution is 2.32. The molecule has 0 aliphatic rings. The minimum atomic E-state index is -4.48. The average Bonchev–Trinajstić information content (AvgIpc) is 3.38. The highest BCUT2D eigenvalue weighted by Gasteiger charge is 2.30. The predicted octanol–water partition coefficient (Wildman–Crippen LogP) is 6.76. The van der Waals surface area contributed by atoms with Gasteiger partial charge in [0.05, 0.1) is 36.1 Å². The van der Waals surface area contributed by atoms with Gasteiger partial charge in [0.25, 0.3) is 0 Å². The lowest BCUT2D eigenvalue weighted by Gasteiger charge is -2.18. The minimum absolute atomic E-state index is 0.179. The molecule has 224 valence electrons. The van der Waals surface area contributed by atoms with Crippen molar-refractivity contribution in [1.82, 2.24) is 8.87 Å². The smallest absolute Gasteiger partial charge is 0.416 e. The summed E-state index contributed by atoms with van der Waals surface area (Å²) in [6.07, 6.45) is -3.92. The number of nitrogens with zero attached hydrogens (tertiary/aromatic N) is 3. The second-order valence-corrected chi connectivity index (χ2v) is 12.0. The fraction of sp³-hybridized carbons (Fsp3) is 0.300. The third-order valence-corrected chi connectivity index (χ3v) is 9.69. The van der Waals surface area contributed by atoms with E-state index in [1.54, 1.807) is 52.3 Å². The Bertz CT molecular complexity index is 1690. The Hall–Kier alpha value is -3.61. The first-order chi connectivity index (χ1) is 20.0. The SMILES string of the molecule is CCN(CC)S(=O)(=O)c1ccc(-c2csc(=Nc3cccc(C(F)(F)F)c3)n2CCc2ccc(OC)c(OC)c2)cc1. The molecule has 7 nitrogen and oxygen atoms in total. The maximum Gasteiger partial charge on any atom is 0.416 e. The summed E-state index contributed by atoms with van der Waals surface area (Å²) in [7, 11) is -0.504. The van der Waals surface area contributed by atoms with Crippen LogP contribution in [0, 0.1) is 0 Å². The molecule has 0 atom stereocenters. The summed E-state index contributed by atoms with van der Waals surface area (Å²) in [5, 5.41) is 1.87. The van der Waals surface area contributed by atoms with Crippen LogP contribution in [-0.4, -0.2) is 44.6 Å². The maximum absolute atomic E-state index is 13.3. The summed E-state index contributed by atoms with van der Waals surface area (Å²) in [4.78, 5) is 5.27. The summed E-state index contributed by atoms with van der Waals surface area (Å²) in [5.41, 5.74) is 1.88. The van der Waals surface area contributed by atoms with Crippen molar-refractivity contribution in [3.63, 3.8) is 0 Å². The normalized spacial score (nSPS) is 12.6. The number of ether oxygens (including phenoxy) is 2. The van der Waals surface area contributed by atoms with E-state index < -0.39 is 21.8 Å². The third-order valence-electron chi connectivity index (χ3n) is 6.76. The highest BCUT2D eigenvalue weighted by atomic mass is 32.2. The van der Waals surface area contributed by atoms with Gasteiger partial charge in [0.2, 0.25) is 10.0 Å². The van der Waals surface area contributed by atoms with Crippen molar-refractivity contribution in [2.45, 2.75) is 37.9 Å². The fourth-order valence-corrected chi connectivity index (χ4v) is 6.93. The zero-order valence-corrected chi connectivity index (χ0v) is 25.3. The van der Waals surface area contributed by atoms with Crippen LogP contribution in [-0.2, 0) is 29.2 Å². The Kier molecular flexibility index (Phi) is 9.80. The number of sulfonamides is 1. The Labute approximate surface area is 247 Å². The van der Waals surface area contributed by atoms with Crippen molar-refractivity contribution < 1.29 is 31.1 Å². The van der Waals surface area contributed by atoms with Crippen LogP contribution in [0.25, 0.3) is 11.3 Å². The van der Waals surface area contributed by atoms with Gasteiger partial charge in [-0.15, -0.1) is 11.3 Å². The first-order valence-electron chi connectivity index (χ1n) is 13.2. The van der Waals surface area contributed by atoms with E-state index in [0.29, 0.717) is 42.4 Å². The first kappa shape index (κ1) is 31.3. The molecule has 0 saturated carbocycles. The molecule has 12 heteroatoms. The van der Waals surface area contributed by atoms with Gasteiger partial charge in [0.1, 0.15) is 0 Å². The number of halogens is 3. The Morgan fingerprint density at radius 2 is 1.62 bits per heavy atom. The van der Waals surface area contributed by atoms with Crippen LogP contribution < -0.4 is 14.3 Å². The number of thiazole rings is 1.